The lowest BCUT2D eigenvalue weighted by Crippen LogP contribution is -2.56. The largest absolute Gasteiger partial charge is 0.481 e. The summed E-state index contributed by atoms with van der Waals surface area (Å²) in [7, 11) is 0. The van der Waals surface area contributed by atoms with Gasteiger partial charge in [0.15, 0.2) is 0 Å². The van der Waals surface area contributed by atoms with E-state index in [1.165, 1.54) is 38.5 Å². The molecule has 5 aliphatic rings. The van der Waals surface area contributed by atoms with Crippen molar-refractivity contribution in [2.24, 2.45) is 29.1 Å². The molecule has 5 rings (SSSR count). The van der Waals surface area contributed by atoms with Crippen molar-refractivity contribution < 1.29 is 14.7 Å². The third-order valence-electron chi connectivity index (χ3n) is 6.95. The van der Waals surface area contributed by atoms with Crippen LogP contribution in [-0.2, 0) is 9.59 Å². The Balaban J connectivity index is 1.56. The van der Waals surface area contributed by atoms with Crippen LogP contribution >= 0.6 is 0 Å². The number of rotatable bonds is 3. The van der Waals surface area contributed by atoms with E-state index in [0.29, 0.717) is 6.54 Å². The summed E-state index contributed by atoms with van der Waals surface area (Å²) in [5.41, 5.74) is 0.289. The molecule has 1 N–H and O–H groups in total. The van der Waals surface area contributed by atoms with Gasteiger partial charge in [0.2, 0.25) is 5.91 Å². The zero-order chi connectivity index (χ0) is 14.8. The summed E-state index contributed by atoms with van der Waals surface area (Å²) in [5.74, 6) is 1.35. The Hall–Kier alpha value is -1.06. The molecule has 4 heteroatoms. The zero-order valence-corrected chi connectivity index (χ0v) is 12.8. The molecule has 4 nitrogen and oxygen atoms in total. The van der Waals surface area contributed by atoms with Gasteiger partial charge in [-0.15, -0.1) is 0 Å². The number of nitrogens with zero attached hydrogens (tertiary/aromatic N) is 1. The van der Waals surface area contributed by atoms with E-state index in [0.717, 1.165) is 17.8 Å². The highest BCUT2D eigenvalue weighted by atomic mass is 16.4. The van der Waals surface area contributed by atoms with Crippen molar-refractivity contribution in [1.29, 1.82) is 0 Å². The zero-order valence-electron chi connectivity index (χ0n) is 12.8. The first-order valence-corrected chi connectivity index (χ1v) is 8.49. The molecule has 0 spiro atoms. The highest BCUT2D eigenvalue weighted by Crippen LogP contribution is 2.62. The second-order valence-corrected chi connectivity index (χ2v) is 8.24. The van der Waals surface area contributed by atoms with Gasteiger partial charge in [0.1, 0.15) is 0 Å². The molecule has 0 aromatic rings. The normalized spacial score (nSPS) is 46.1. The van der Waals surface area contributed by atoms with Gasteiger partial charge in [-0.1, -0.05) is 0 Å². The average molecular weight is 291 g/mol. The first-order valence-electron chi connectivity index (χ1n) is 8.49. The molecule has 0 radical (unpaired) electrons. The Morgan fingerprint density at radius 1 is 1.19 bits per heavy atom. The van der Waals surface area contributed by atoms with Crippen molar-refractivity contribution >= 4 is 11.9 Å². The van der Waals surface area contributed by atoms with E-state index in [-0.39, 0.29) is 23.8 Å². The number of hydrogen-bond acceptors (Lipinski definition) is 2. The fraction of sp³-hybridized carbons (Fsp3) is 0.882. The van der Waals surface area contributed by atoms with Crippen molar-refractivity contribution in [3.05, 3.63) is 0 Å². The highest BCUT2D eigenvalue weighted by Gasteiger charge is 2.55. The van der Waals surface area contributed by atoms with Gasteiger partial charge in [-0.2, -0.15) is 0 Å². The molecule has 116 valence electrons. The minimum atomic E-state index is -0.816. The summed E-state index contributed by atoms with van der Waals surface area (Å²) in [5, 5.41) is 9.19. The lowest BCUT2D eigenvalue weighted by Gasteiger charge is -2.60. The van der Waals surface area contributed by atoms with Crippen LogP contribution in [0.5, 0.6) is 0 Å². The molecule has 1 aliphatic heterocycles. The third kappa shape index (κ3) is 2.01. The van der Waals surface area contributed by atoms with E-state index in [1.807, 2.05) is 4.90 Å². The SMILES string of the molecule is C[C@@H](N1C[C@@H](C(=O)O)CC1=O)C12CC3CC(CC(C3)C1)C2. The van der Waals surface area contributed by atoms with Crippen LogP contribution in [0.15, 0.2) is 0 Å². The number of carboxylic acids is 1. The predicted octanol–water partition coefficient (Wildman–Crippen LogP) is 2.52. The van der Waals surface area contributed by atoms with Crippen molar-refractivity contribution in [3.63, 3.8) is 0 Å². The molecule has 1 saturated heterocycles. The summed E-state index contributed by atoms with van der Waals surface area (Å²) in [6.07, 6.45) is 8.20. The number of carboxylic acid groups (broad SMARTS) is 1. The maximum atomic E-state index is 12.3. The molecule has 0 unspecified atom stereocenters. The Morgan fingerprint density at radius 3 is 2.14 bits per heavy atom. The van der Waals surface area contributed by atoms with Gasteiger partial charge in [0.05, 0.1) is 5.92 Å². The van der Waals surface area contributed by atoms with E-state index in [2.05, 4.69) is 6.92 Å². The van der Waals surface area contributed by atoms with Crippen molar-refractivity contribution in [2.45, 2.75) is 57.9 Å². The van der Waals surface area contributed by atoms with E-state index >= 15 is 0 Å². The Morgan fingerprint density at radius 2 is 1.71 bits per heavy atom. The summed E-state index contributed by atoms with van der Waals surface area (Å²) < 4.78 is 0. The molecule has 1 heterocycles. The smallest absolute Gasteiger partial charge is 0.308 e. The van der Waals surface area contributed by atoms with Crippen LogP contribution in [-0.4, -0.2) is 34.5 Å². The van der Waals surface area contributed by atoms with E-state index in [1.54, 1.807) is 0 Å². The second-order valence-electron chi connectivity index (χ2n) is 8.24. The lowest BCUT2D eigenvalue weighted by atomic mass is 9.47. The third-order valence-corrected chi connectivity index (χ3v) is 6.95. The van der Waals surface area contributed by atoms with Gasteiger partial charge in [-0.25, -0.2) is 0 Å². The predicted molar refractivity (Wildman–Crippen MR) is 77.5 cm³/mol. The standard InChI is InChI=1S/C17H25NO3/c1-10(18-9-14(16(20)21)5-15(18)19)17-6-11-2-12(7-17)4-13(3-11)8-17/h10-14H,2-9H2,1H3,(H,20,21)/t10-,11?,12?,13?,14+,17?/m1/s1. The number of amides is 1. The average Bonchev–Trinajstić information content (AvgIpc) is 2.78. The molecule has 4 bridgehead atoms. The van der Waals surface area contributed by atoms with Gasteiger partial charge >= 0.3 is 5.97 Å². The Kier molecular flexibility index (Phi) is 2.89. The summed E-state index contributed by atoms with van der Waals surface area (Å²) in [4.78, 5) is 25.4. The number of likely N-dealkylation sites (tertiary alicyclic amines) is 1. The topological polar surface area (TPSA) is 57.6 Å². The minimum absolute atomic E-state index is 0.0608. The molecule has 0 aromatic carbocycles. The molecule has 21 heavy (non-hydrogen) atoms. The van der Waals surface area contributed by atoms with Crippen LogP contribution in [0.3, 0.4) is 0 Å². The molecular formula is C17H25NO3. The lowest BCUT2D eigenvalue weighted by molar-refractivity contribution is -0.141. The number of carbonyl (C=O) groups excluding carboxylic acids is 1. The summed E-state index contributed by atoms with van der Waals surface area (Å²) in [6.45, 7) is 2.62. The summed E-state index contributed by atoms with van der Waals surface area (Å²) >= 11 is 0. The highest BCUT2D eigenvalue weighted by molar-refractivity contribution is 5.86. The molecule has 0 aromatic heterocycles. The molecule has 4 saturated carbocycles. The number of aliphatic carboxylic acids is 1. The fourth-order valence-electron chi connectivity index (χ4n) is 6.29. The maximum absolute atomic E-state index is 12.3. The molecule has 4 aliphatic carbocycles. The van der Waals surface area contributed by atoms with Crippen LogP contribution in [0.4, 0.5) is 0 Å². The van der Waals surface area contributed by atoms with Crippen LogP contribution in [0.1, 0.15) is 51.9 Å². The van der Waals surface area contributed by atoms with Crippen LogP contribution in [0, 0.1) is 29.1 Å². The molecular weight excluding hydrogens is 266 g/mol. The fourth-order valence-corrected chi connectivity index (χ4v) is 6.29. The van der Waals surface area contributed by atoms with Gasteiger partial charge in [0, 0.05) is 19.0 Å². The van der Waals surface area contributed by atoms with Crippen molar-refractivity contribution in [2.75, 3.05) is 6.54 Å². The van der Waals surface area contributed by atoms with Gasteiger partial charge in [-0.3, -0.25) is 9.59 Å². The van der Waals surface area contributed by atoms with Gasteiger partial charge < -0.3 is 10.0 Å². The van der Waals surface area contributed by atoms with Crippen LogP contribution in [0.2, 0.25) is 0 Å². The summed E-state index contributed by atoms with van der Waals surface area (Å²) in [6, 6.07) is 0.225. The Bertz CT molecular complexity index is 451. The quantitative estimate of drug-likeness (QED) is 0.869. The van der Waals surface area contributed by atoms with E-state index < -0.39 is 11.9 Å². The number of hydrogen-bond donors (Lipinski definition) is 1. The van der Waals surface area contributed by atoms with Crippen LogP contribution < -0.4 is 0 Å². The van der Waals surface area contributed by atoms with E-state index in [4.69, 9.17) is 0 Å². The monoisotopic (exact) mass is 291 g/mol. The van der Waals surface area contributed by atoms with E-state index in [9.17, 15) is 14.7 Å². The second kappa shape index (κ2) is 4.47. The first kappa shape index (κ1) is 13.6. The Labute approximate surface area is 125 Å². The molecule has 5 fully saturated rings. The molecule has 1 amide bonds. The number of carbonyl (C=O) groups is 2. The van der Waals surface area contributed by atoms with Gasteiger partial charge in [0.25, 0.3) is 0 Å². The maximum Gasteiger partial charge on any atom is 0.308 e. The minimum Gasteiger partial charge on any atom is -0.481 e. The van der Waals surface area contributed by atoms with Crippen LogP contribution in [0.25, 0.3) is 0 Å². The van der Waals surface area contributed by atoms with Gasteiger partial charge in [-0.05, 0) is 68.6 Å². The van der Waals surface area contributed by atoms with Crippen molar-refractivity contribution in [3.8, 4) is 0 Å². The molecule has 2 atom stereocenters. The first-order chi connectivity index (χ1) is 9.97. The van der Waals surface area contributed by atoms with Crippen molar-refractivity contribution in [1.82, 2.24) is 4.90 Å².